The van der Waals surface area contributed by atoms with Gasteiger partial charge in [0.1, 0.15) is 0 Å². The van der Waals surface area contributed by atoms with E-state index in [4.69, 9.17) is 11.6 Å². The molecular weight excluding hydrogens is 124 g/mol. The van der Waals surface area contributed by atoms with Crippen LogP contribution in [-0.2, 0) is 6.54 Å². The lowest BCUT2D eigenvalue weighted by atomic mass is 10.7. The van der Waals surface area contributed by atoms with Crippen LogP contribution in [0.2, 0.25) is 5.15 Å². The molecule has 0 amide bonds. The average molecular weight is 130 g/mol. The van der Waals surface area contributed by atoms with Crippen molar-refractivity contribution >= 4 is 11.6 Å². The van der Waals surface area contributed by atoms with Gasteiger partial charge in [-0.1, -0.05) is 11.6 Å². The third kappa shape index (κ3) is 1.01. The molecule has 0 fully saturated rings. The molecular formula is C5H6ClN2. The van der Waals surface area contributed by atoms with Crippen LogP contribution in [0.15, 0.2) is 6.07 Å². The van der Waals surface area contributed by atoms with Gasteiger partial charge in [0.2, 0.25) is 0 Å². The maximum absolute atomic E-state index is 5.48. The SMILES string of the molecule is CCn1[c]cc(Cl)n1. The summed E-state index contributed by atoms with van der Waals surface area (Å²) >= 11 is 5.48. The first-order valence-electron chi connectivity index (χ1n) is 2.44. The lowest BCUT2D eigenvalue weighted by Gasteiger charge is -1.87. The van der Waals surface area contributed by atoms with E-state index in [1.54, 1.807) is 10.7 Å². The molecule has 0 saturated heterocycles. The van der Waals surface area contributed by atoms with Crippen molar-refractivity contribution < 1.29 is 0 Å². The van der Waals surface area contributed by atoms with E-state index in [0.717, 1.165) is 6.54 Å². The molecule has 43 valence electrons. The topological polar surface area (TPSA) is 17.8 Å². The molecule has 1 aromatic rings. The second-order valence-corrected chi connectivity index (χ2v) is 1.80. The summed E-state index contributed by atoms with van der Waals surface area (Å²) in [7, 11) is 0. The van der Waals surface area contributed by atoms with Crippen LogP contribution in [0.25, 0.3) is 0 Å². The fourth-order valence-electron chi connectivity index (χ4n) is 0.463. The summed E-state index contributed by atoms with van der Waals surface area (Å²) in [5.41, 5.74) is 0. The quantitative estimate of drug-likeness (QED) is 0.560. The number of halogens is 1. The first-order valence-corrected chi connectivity index (χ1v) is 2.81. The zero-order valence-corrected chi connectivity index (χ0v) is 5.31. The second kappa shape index (κ2) is 2.18. The van der Waals surface area contributed by atoms with E-state index in [1.165, 1.54) is 0 Å². The van der Waals surface area contributed by atoms with Gasteiger partial charge < -0.3 is 0 Å². The van der Waals surface area contributed by atoms with Crippen LogP contribution in [0, 0.1) is 6.20 Å². The highest BCUT2D eigenvalue weighted by Gasteiger charge is 1.89. The van der Waals surface area contributed by atoms with Crippen LogP contribution in [0.1, 0.15) is 6.92 Å². The number of aryl methyl sites for hydroxylation is 1. The summed E-state index contributed by atoms with van der Waals surface area (Å²) in [4.78, 5) is 0. The van der Waals surface area contributed by atoms with E-state index >= 15 is 0 Å². The number of aromatic nitrogens is 2. The van der Waals surface area contributed by atoms with Gasteiger partial charge in [0.25, 0.3) is 0 Å². The summed E-state index contributed by atoms with van der Waals surface area (Å²) < 4.78 is 1.66. The zero-order chi connectivity index (χ0) is 5.98. The molecule has 0 spiro atoms. The predicted octanol–water partition coefficient (Wildman–Crippen LogP) is 1.36. The molecule has 1 rings (SSSR count). The van der Waals surface area contributed by atoms with Crippen LogP contribution >= 0.6 is 11.6 Å². The summed E-state index contributed by atoms with van der Waals surface area (Å²) in [5.74, 6) is 0. The lowest BCUT2D eigenvalue weighted by Crippen LogP contribution is -1.92. The number of hydrogen-bond donors (Lipinski definition) is 0. The summed E-state index contributed by atoms with van der Waals surface area (Å²) in [6, 6.07) is 1.64. The lowest BCUT2D eigenvalue weighted by molar-refractivity contribution is 0.655. The summed E-state index contributed by atoms with van der Waals surface area (Å²) in [6.07, 6.45) is 2.83. The molecule has 1 radical (unpaired) electrons. The Balaban J connectivity index is 2.84. The summed E-state index contributed by atoms with van der Waals surface area (Å²) in [6.45, 7) is 2.81. The van der Waals surface area contributed by atoms with Crippen molar-refractivity contribution in [2.24, 2.45) is 0 Å². The van der Waals surface area contributed by atoms with E-state index in [-0.39, 0.29) is 0 Å². The van der Waals surface area contributed by atoms with Gasteiger partial charge in [-0.05, 0) is 6.92 Å². The largest absolute Gasteiger partial charge is 0.262 e. The van der Waals surface area contributed by atoms with Gasteiger partial charge in [0, 0.05) is 12.6 Å². The van der Waals surface area contributed by atoms with Gasteiger partial charge in [-0.3, -0.25) is 4.68 Å². The minimum atomic E-state index is 0.506. The van der Waals surface area contributed by atoms with Crippen LogP contribution in [0.3, 0.4) is 0 Å². The Kier molecular flexibility index (Phi) is 1.53. The van der Waals surface area contributed by atoms with Gasteiger partial charge in [-0.2, -0.15) is 5.10 Å². The number of nitrogens with zero attached hydrogens (tertiary/aromatic N) is 2. The molecule has 1 aromatic heterocycles. The minimum Gasteiger partial charge on any atom is -0.262 e. The van der Waals surface area contributed by atoms with Crippen molar-refractivity contribution in [3.05, 3.63) is 17.4 Å². The Hall–Kier alpha value is -0.500. The maximum atomic E-state index is 5.48. The fourth-order valence-corrected chi connectivity index (χ4v) is 0.603. The van der Waals surface area contributed by atoms with E-state index < -0.39 is 0 Å². The van der Waals surface area contributed by atoms with Gasteiger partial charge in [-0.25, -0.2) is 0 Å². The number of rotatable bonds is 1. The van der Waals surface area contributed by atoms with E-state index in [9.17, 15) is 0 Å². The Morgan fingerprint density at radius 2 is 2.75 bits per heavy atom. The Morgan fingerprint density at radius 1 is 2.00 bits per heavy atom. The molecule has 3 heteroatoms. The van der Waals surface area contributed by atoms with Crippen molar-refractivity contribution in [2.45, 2.75) is 13.5 Å². The third-order valence-electron chi connectivity index (χ3n) is 0.848. The van der Waals surface area contributed by atoms with Gasteiger partial charge in [-0.15, -0.1) is 0 Å². The highest BCUT2D eigenvalue weighted by atomic mass is 35.5. The molecule has 1 heterocycles. The maximum Gasteiger partial charge on any atom is 0.151 e. The molecule has 8 heavy (non-hydrogen) atoms. The molecule has 0 aliphatic carbocycles. The highest BCUT2D eigenvalue weighted by Crippen LogP contribution is 2.00. The monoisotopic (exact) mass is 129 g/mol. The Bertz CT molecular complexity index is 171. The molecule has 0 aromatic carbocycles. The van der Waals surface area contributed by atoms with Crippen LogP contribution in [0.4, 0.5) is 0 Å². The Morgan fingerprint density at radius 3 is 3.00 bits per heavy atom. The summed E-state index contributed by atoms with van der Waals surface area (Å²) in [5, 5.41) is 4.36. The van der Waals surface area contributed by atoms with Gasteiger partial charge >= 0.3 is 0 Å². The van der Waals surface area contributed by atoms with Gasteiger partial charge in [0.05, 0.1) is 6.20 Å². The van der Waals surface area contributed by atoms with Crippen LogP contribution in [-0.4, -0.2) is 9.78 Å². The van der Waals surface area contributed by atoms with E-state index in [1.807, 2.05) is 6.92 Å². The van der Waals surface area contributed by atoms with Crippen molar-refractivity contribution in [1.29, 1.82) is 0 Å². The van der Waals surface area contributed by atoms with E-state index in [2.05, 4.69) is 11.3 Å². The van der Waals surface area contributed by atoms with Gasteiger partial charge in [0.15, 0.2) is 5.15 Å². The van der Waals surface area contributed by atoms with Crippen molar-refractivity contribution in [2.75, 3.05) is 0 Å². The molecule has 0 saturated carbocycles. The van der Waals surface area contributed by atoms with Crippen LogP contribution < -0.4 is 0 Å². The zero-order valence-electron chi connectivity index (χ0n) is 4.56. The molecule has 0 unspecified atom stereocenters. The molecule has 0 N–H and O–H groups in total. The van der Waals surface area contributed by atoms with Crippen LogP contribution in [0.5, 0.6) is 0 Å². The first-order chi connectivity index (χ1) is 3.83. The molecule has 0 atom stereocenters. The smallest absolute Gasteiger partial charge is 0.151 e. The van der Waals surface area contributed by atoms with E-state index in [0.29, 0.717) is 5.15 Å². The van der Waals surface area contributed by atoms with Crippen molar-refractivity contribution in [1.82, 2.24) is 9.78 Å². The minimum absolute atomic E-state index is 0.506. The molecule has 0 aliphatic rings. The fraction of sp³-hybridized carbons (Fsp3) is 0.400. The first kappa shape index (κ1) is 5.63. The molecule has 0 bridgehead atoms. The highest BCUT2D eigenvalue weighted by molar-refractivity contribution is 6.29. The molecule has 2 nitrogen and oxygen atoms in total. The Labute approximate surface area is 53.1 Å². The predicted molar refractivity (Wildman–Crippen MR) is 31.7 cm³/mol. The average Bonchev–Trinajstić information content (AvgIpc) is 2.14. The third-order valence-corrected chi connectivity index (χ3v) is 1.03. The normalized spacial score (nSPS) is 9.75. The molecule has 0 aliphatic heterocycles. The number of hydrogen-bond acceptors (Lipinski definition) is 1. The standard InChI is InChI=1S/C5H6ClN2/c1-2-8-4-3-5(6)7-8/h3H,2H2,1H3. The van der Waals surface area contributed by atoms with Crippen molar-refractivity contribution in [3.63, 3.8) is 0 Å². The second-order valence-electron chi connectivity index (χ2n) is 1.41. The van der Waals surface area contributed by atoms with Crippen molar-refractivity contribution in [3.8, 4) is 0 Å².